The van der Waals surface area contributed by atoms with Crippen LogP contribution in [0.25, 0.3) is 0 Å². The number of nitrogens with one attached hydrogen (secondary N) is 3. The lowest BCUT2D eigenvalue weighted by Gasteiger charge is -2.25. The molecular formula is C27H33N5O10. The lowest BCUT2D eigenvalue weighted by molar-refractivity contribution is -0.142. The normalized spacial score (nSPS) is 13.5. The van der Waals surface area contributed by atoms with Gasteiger partial charge in [-0.2, -0.15) is 0 Å². The number of carboxylic acids is 2. The molecule has 42 heavy (non-hydrogen) atoms. The molecule has 15 heteroatoms. The van der Waals surface area contributed by atoms with Crippen LogP contribution in [0.5, 0.6) is 11.5 Å². The van der Waals surface area contributed by atoms with Crippen LogP contribution in [0, 0.1) is 0 Å². The van der Waals surface area contributed by atoms with Crippen molar-refractivity contribution in [1.82, 2.24) is 16.0 Å². The first kappa shape index (κ1) is 33.0. The van der Waals surface area contributed by atoms with Gasteiger partial charge in [-0.05, 0) is 41.8 Å². The molecule has 0 spiro atoms. The zero-order valence-electron chi connectivity index (χ0n) is 22.4. The van der Waals surface area contributed by atoms with Crippen molar-refractivity contribution in [2.24, 2.45) is 11.5 Å². The Morgan fingerprint density at radius 2 is 1.10 bits per heavy atom. The predicted molar refractivity (Wildman–Crippen MR) is 146 cm³/mol. The molecule has 0 aliphatic heterocycles. The Hall–Kier alpha value is -5.18. The molecular weight excluding hydrogens is 554 g/mol. The Bertz CT molecular complexity index is 1280. The number of carbonyl (C=O) groups is 6. The molecule has 2 aromatic rings. The molecule has 15 nitrogen and oxygen atoms in total. The summed E-state index contributed by atoms with van der Waals surface area (Å²) < 4.78 is 0. The number of aliphatic carboxylic acids is 2. The van der Waals surface area contributed by atoms with Crippen LogP contribution in [0.15, 0.2) is 48.5 Å². The van der Waals surface area contributed by atoms with E-state index in [9.17, 15) is 44.1 Å². The van der Waals surface area contributed by atoms with Gasteiger partial charge in [0.1, 0.15) is 29.6 Å². The van der Waals surface area contributed by atoms with Crippen molar-refractivity contribution in [3.63, 3.8) is 0 Å². The van der Waals surface area contributed by atoms with Crippen molar-refractivity contribution in [2.75, 3.05) is 0 Å². The van der Waals surface area contributed by atoms with Crippen LogP contribution in [0.3, 0.4) is 0 Å². The van der Waals surface area contributed by atoms with E-state index in [4.69, 9.17) is 16.6 Å². The number of primary amides is 1. The number of phenols is 2. The van der Waals surface area contributed by atoms with E-state index in [1.807, 2.05) is 0 Å². The summed E-state index contributed by atoms with van der Waals surface area (Å²) in [6.45, 7) is 0. The minimum Gasteiger partial charge on any atom is -0.508 e. The standard InChI is InChI=1S/C27H33N5O10/c28-18(9-10-23(36)37)24(38)30-19(11-14-1-5-16(33)6-2-14)25(39)31-20(13-22(29)35)26(40)32-21(27(41)42)12-15-3-7-17(34)8-4-15/h1-8,18-21,33-34H,9-13,28H2,(H2,29,35)(H,30,38)(H,31,39)(H,32,40)(H,36,37)(H,41,42). The van der Waals surface area contributed by atoms with Gasteiger partial charge in [-0.1, -0.05) is 24.3 Å². The fourth-order valence-corrected chi connectivity index (χ4v) is 3.79. The van der Waals surface area contributed by atoms with Gasteiger partial charge < -0.3 is 47.8 Å². The molecule has 226 valence electrons. The largest absolute Gasteiger partial charge is 0.508 e. The van der Waals surface area contributed by atoms with E-state index < -0.39 is 72.6 Å². The van der Waals surface area contributed by atoms with Gasteiger partial charge in [0.05, 0.1) is 12.5 Å². The second-order valence-corrected chi connectivity index (χ2v) is 9.47. The average Bonchev–Trinajstić information content (AvgIpc) is 2.92. The minimum atomic E-state index is -1.63. The van der Waals surface area contributed by atoms with E-state index in [1.54, 1.807) is 0 Å². The van der Waals surface area contributed by atoms with E-state index in [0.29, 0.717) is 11.1 Å². The lowest BCUT2D eigenvalue weighted by atomic mass is 10.0. The summed E-state index contributed by atoms with van der Waals surface area (Å²) in [5.74, 6) is -6.53. The molecule has 4 atom stereocenters. The Labute approximate surface area is 239 Å². The number of rotatable bonds is 16. The Kier molecular flexibility index (Phi) is 12.2. The number of hydrogen-bond donors (Lipinski definition) is 9. The van der Waals surface area contributed by atoms with E-state index in [2.05, 4.69) is 16.0 Å². The molecule has 0 heterocycles. The molecule has 0 radical (unpaired) electrons. The number of carbonyl (C=O) groups excluding carboxylic acids is 4. The summed E-state index contributed by atoms with van der Waals surface area (Å²) in [6, 6.07) is 5.44. The highest BCUT2D eigenvalue weighted by Crippen LogP contribution is 2.13. The highest BCUT2D eigenvalue weighted by Gasteiger charge is 2.31. The molecule has 0 bridgehead atoms. The summed E-state index contributed by atoms with van der Waals surface area (Å²) >= 11 is 0. The molecule has 11 N–H and O–H groups in total. The maximum absolute atomic E-state index is 13.3. The smallest absolute Gasteiger partial charge is 0.326 e. The van der Waals surface area contributed by atoms with E-state index in [1.165, 1.54) is 48.5 Å². The zero-order valence-corrected chi connectivity index (χ0v) is 22.4. The van der Waals surface area contributed by atoms with Gasteiger partial charge in [0.15, 0.2) is 0 Å². The minimum absolute atomic E-state index is 0.0457. The van der Waals surface area contributed by atoms with Crippen LogP contribution in [-0.4, -0.2) is 80.2 Å². The molecule has 0 aliphatic carbocycles. The third kappa shape index (κ3) is 11.1. The van der Waals surface area contributed by atoms with Gasteiger partial charge >= 0.3 is 11.9 Å². The van der Waals surface area contributed by atoms with Gasteiger partial charge in [0.2, 0.25) is 23.6 Å². The third-order valence-corrected chi connectivity index (χ3v) is 6.04. The Morgan fingerprint density at radius 3 is 1.55 bits per heavy atom. The van der Waals surface area contributed by atoms with Crippen LogP contribution in [0.4, 0.5) is 0 Å². The monoisotopic (exact) mass is 587 g/mol. The average molecular weight is 588 g/mol. The van der Waals surface area contributed by atoms with Crippen LogP contribution in [-0.2, 0) is 41.6 Å². The topological polar surface area (TPSA) is 271 Å². The van der Waals surface area contributed by atoms with Crippen LogP contribution >= 0.6 is 0 Å². The predicted octanol–water partition coefficient (Wildman–Crippen LogP) is -1.51. The first-order chi connectivity index (χ1) is 19.7. The number of hydrogen-bond acceptors (Lipinski definition) is 9. The van der Waals surface area contributed by atoms with E-state index >= 15 is 0 Å². The molecule has 0 saturated heterocycles. The maximum Gasteiger partial charge on any atom is 0.326 e. The number of nitrogens with two attached hydrogens (primary N) is 2. The van der Waals surface area contributed by atoms with Crippen molar-refractivity contribution in [3.8, 4) is 11.5 Å². The number of phenolic OH excluding ortho intramolecular Hbond substituents is 2. The van der Waals surface area contributed by atoms with Crippen LogP contribution < -0.4 is 27.4 Å². The van der Waals surface area contributed by atoms with E-state index in [-0.39, 0.29) is 30.8 Å². The van der Waals surface area contributed by atoms with Crippen molar-refractivity contribution in [2.45, 2.75) is 56.3 Å². The zero-order chi connectivity index (χ0) is 31.4. The van der Waals surface area contributed by atoms with Crippen molar-refractivity contribution in [1.29, 1.82) is 0 Å². The van der Waals surface area contributed by atoms with Gasteiger partial charge in [-0.3, -0.25) is 24.0 Å². The molecule has 0 fully saturated rings. The van der Waals surface area contributed by atoms with E-state index in [0.717, 1.165) is 0 Å². The number of amides is 4. The summed E-state index contributed by atoms with van der Waals surface area (Å²) in [5, 5.41) is 44.4. The second kappa shape index (κ2) is 15.6. The number of carboxylic acid groups (broad SMARTS) is 2. The number of benzene rings is 2. The highest BCUT2D eigenvalue weighted by atomic mass is 16.4. The van der Waals surface area contributed by atoms with Gasteiger partial charge in [-0.15, -0.1) is 0 Å². The quantitative estimate of drug-likeness (QED) is 0.109. The summed E-state index contributed by atoms with van der Waals surface area (Å²) in [4.78, 5) is 73.4. The highest BCUT2D eigenvalue weighted by molar-refractivity contribution is 5.96. The maximum atomic E-state index is 13.3. The Balaban J connectivity index is 2.24. The summed E-state index contributed by atoms with van der Waals surface area (Å²) in [5.41, 5.74) is 12.0. The molecule has 2 aromatic carbocycles. The van der Waals surface area contributed by atoms with Gasteiger partial charge in [0.25, 0.3) is 0 Å². The lowest BCUT2D eigenvalue weighted by Crippen LogP contribution is -2.58. The fourth-order valence-electron chi connectivity index (χ4n) is 3.79. The first-order valence-corrected chi connectivity index (χ1v) is 12.7. The van der Waals surface area contributed by atoms with Crippen LogP contribution in [0.2, 0.25) is 0 Å². The van der Waals surface area contributed by atoms with Gasteiger partial charge in [0, 0.05) is 19.3 Å². The molecule has 0 aromatic heterocycles. The Morgan fingerprint density at radius 1 is 0.667 bits per heavy atom. The number of aromatic hydroxyl groups is 2. The molecule has 4 unspecified atom stereocenters. The van der Waals surface area contributed by atoms with Gasteiger partial charge in [-0.25, -0.2) is 4.79 Å². The second-order valence-electron chi connectivity index (χ2n) is 9.47. The fraction of sp³-hybridized carbons (Fsp3) is 0.333. The van der Waals surface area contributed by atoms with Crippen molar-refractivity contribution < 1.29 is 49.2 Å². The summed E-state index contributed by atoms with van der Waals surface area (Å²) in [6.07, 6.45) is -1.68. The molecule has 0 aliphatic rings. The molecule has 2 rings (SSSR count). The molecule has 4 amide bonds. The third-order valence-electron chi connectivity index (χ3n) is 6.04. The SMILES string of the molecule is NC(=O)CC(NC(=O)C(Cc1ccc(O)cc1)NC(=O)C(N)CCC(=O)O)C(=O)NC(Cc1ccc(O)cc1)C(=O)O. The van der Waals surface area contributed by atoms with Crippen LogP contribution in [0.1, 0.15) is 30.4 Å². The molecule has 0 saturated carbocycles. The first-order valence-electron chi connectivity index (χ1n) is 12.7. The van der Waals surface area contributed by atoms with Crippen molar-refractivity contribution >= 4 is 35.6 Å². The van der Waals surface area contributed by atoms with Crippen molar-refractivity contribution in [3.05, 3.63) is 59.7 Å². The summed E-state index contributed by atoms with van der Waals surface area (Å²) in [7, 11) is 0.